The SMILES string of the molecule is N#Cc1c(F)cccc1OCc1cccc([N+](=O)[O-])c1Br. The number of ether oxygens (including phenoxy) is 1. The molecule has 0 atom stereocenters. The van der Waals surface area contributed by atoms with Gasteiger partial charge in [-0.25, -0.2) is 4.39 Å². The summed E-state index contributed by atoms with van der Waals surface area (Å²) < 4.78 is 19.1. The van der Waals surface area contributed by atoms with Crippen LogP contribution in [-0.2, 0) is 6.61 Å². The van der Waals surface area contributed by atoms with Crippen molar-refractivity contribution in [2.75, 3.05) is 0 Å². The Labute approximate surface area is 127 Å². The molecule has 0 heterocycles. The predicted octanol–water partition coefficient (Wildman–Crippen LogP) is 3.95. The summed E-state index contributed by atoms with van der Waals surface area (Å²) in [6.07, 6.45) is 0. The standard InChI is InChI=1S/C14H8BrFN2O3/c15-14-9(3-1-5-12(14)18(19)20)8-21-13-6-2-4-11(16)10(13)7-17/h1-6H,8H2. The molecular formula is C14H8BrFN2O3. The third-order valence-corrected chi connectivity index (χ3v) is 3.64. The second-order valence-electron chi connectivity index (χ2n) is 4.02. The van der Waals surface area contributed by atoms with Crippen LogP contribution in [-0.4, -0.2) is 4.92 Å². The lowest BCUT2D eigenvalue weighted by molar-refractivity contribution is -0.385. The molecule has 0 radical (unpaired) electrons. The maximum absolute atomic E-state index is 13.4. The second-order valence-corrected chi connectivity index (χ2v) is 4.81. The van der Waals surface area contributed by atoms with E-state index < -0.39 is 10.7 Å². The number of rotatable bonds is 4. The van der Waals surface area contributed by atoms with E-state index in [9.17, 15) is 14.5 Å². The van der Waals surface area contributed by atoms with Crippen molar-refractivity contribution in [2.24, 2.45) is 0 Å². The van der Waals surface area contributed by atoms with Crippen molar-refractivity contribution in [2.45, 2.75) is 6.61 Å². The second kappa shape index (κ2) is 6.33. The van der Waals surface area contributed by atoms with Gasteiger partial charge in [0.05, 0.1) is 4.92 Å². The number of benzene rings is 2. The number of nitriles is 1. The molecule has 0 bridgehead atoms. The van der Waals surface area contributed by atoms with Gasteiger partial charge in [0.1, 0.15) is 34.3 Å². The van der Waals surface area contributed by atoms with E-state index in [0.717, 1.165) is 6.07 Å². The third kappa shape index (κ3) is 3.17. The highest BCUT2D eigenvalue weighted by Gasteiger charge is 2.16. The van der Waals surface area contributed by atoms with Crippen LogP contribution in [0.25, 0.3) is 0 Å². The van der Waals surface area contributed by atoms with E-state index in [2.05, 4.69) is 15.9 Å². The van der Waals surface area contributed by atoms with E-state index >= 15 is 0 Å². The van der Waals surface area contributed by atoms with Gasteiger partial charge in [0, 0.05) is 11.6 Å². The first-order valence-electron chi connectivity index (χ1n) is 5.77. The Morgan fingerprint density at radius 2 is 2.05 bits per heavy atom. The molecule has 0 unspecified atom stereocenters. The number of hydrogen-bond acceptors (Lipinski definition) is 4. The average molecular weight is 351 g/mol. The van der Waals surface area contributed by atoms with Crippen LogP contribution in [0.2, 0.25) is 0 Å². The molecule has 0 aromatic heterocycles. The highest BCUT2D eigenvalue weighted by atomic mass is 79.9. The van der Waals surface area contributed by atoms with E-state index in [-0.39, 0.29) is 23.6 Å². The molecule has 0 aliphatic rings. The van der Waals surface area contributed by atoms with Crippen molar-refractivity contribution >= 4 is 21.6 Å². The third-order valence-electron chi connectivity index (χ3n) is 2.73. The molecule has 0 amide bonds. The maximum Gasteiger partial charge on any atom is 0.283 e. The Kier molecular flexibility index (Phi) is 4.50. The minimum absolute atomic E-state index is 0.0274. The summed E-state index contributed by atoms with van der Waals surface area (Å²) in [6.45, 7) is -0.0274. The topological polar surface area (TPSA) is 76.2 Å². The minimum atomic E-state index is -0.673. The summed E-state index contributed by atoms with van der Waals surface area (Å²) >= 11 is 3.14. The first-order valence-corrected chi connectivity index (χ1v) is 6.57. The summed E-state index contributed by atoms with van der Waals surface area (Å²) in [5, 5.41) is 19.7. The lowest BCUT2D eigenvalue weighted by Gasteiger charge is -2.09. The lowest BCUT2D eigenvalue weighted by Crippen LogP contribution is -2.01. The molecule has 0 saturated carbocycles. The molecule has 5 nitrogen and oxygen atoms in total. The first-order chi connectivity index (χ1) is 10.0. The van der Waals surface area contributed by atoms with Gasteiger partial charge < -0.3 is 4.74 Å². The zero-order valence-electron chi connectivity index (χ0n) is 10.5. The van der Waals surface area contributed by atoms with Crippen LogP contribution in [0.3, 0.4) is 0 Å². The fraction of sp³-hybridized carbons (Fsp3) is 0.0714. The quantitative estimate of drug-likeness (QED) is 0.617. The van der Waals surface area contributed by atoms with Crippen molar-refractivity contribution < 1.29 is 14.1 Å². The van der Waals surface area contributed by atoms with Crippen LogP contribution in [0, 0.1) is 27.3 Å². The highest BCUT2D eigenvalue weighted by Crippen LogP contribution is 2.29. The molecular weight excluding hydrogens is 343 g/mol. The smallest absolute Gasteiger partial charge is 0.283 e. The van der Waals surface area contributed by atoms with Crippen molar-refractivity contribution in [1.29, 1.82) is 5.26 Å². The van der Waals surface area contributed by atoms with Crippen molar-refractivity contribution in [3.8, 4) is 11.8 Å². The molecule has 0 spiro atoms. The Bertz CT molecular complexity index is 743. The van der Waals surface area contributed by atoms with E-state index in [1.807, 2.05) is 0 Å². The molecule has 0 aliphatic carbocycles. The number of nitro benzene ring substituents is 1. The normalized spacial score (nSPS) is 9.95. The molecule has 106 valence electrons. The van der Waals surface area contributed by atoms with Gasteiger partial charge in [-0.1, -0.05) is 18.2 Å². The van der Waals surface area contributed by atoms with Crippen molar-refractivity contribution in [3.63, 3.8) is 0 Å². The average Bonchev–Trinajstić information content (AvgIpc) is 2.46. The maximum atomic E-state index is 13.4. The zero-order valence-corrected chi connectivity index (χ0v) is 12.1. The largest absolute Gasteiger partial charge is 0.487 e. The monoisotopic (exact) mass is 350 g/mol. The molecule has 0 fully saturated rings. The van der Waals surface area contributed by atoms with Crippen LogP contribution in [0.5, 0.6) is 5.75 Å². The summed E-state index contributed by atoms with van der Waals surface area (Å²) in [5.41, 5.74) is 0.243. The molecule has 2 aromatic carbocycles. The van der Waals surface area contributed by atoms with Gasteiger partial charge in [-0.2, -0.15) is 5.26 Å². The van der Waals surface area contributed by atoms with Crippen LogP contribution in [0.1, 0.15) is 11.1 Å². The number of nitro groups is 1. The van der Waals surface area contributed by atoms with Crippen molar-refractivity contribution in [1.82, 2.24) is 0 Å². The Hall–Kier alpha value is -2.46. The Morgan fingerprint density at radius 1 is 1.33 bits per heavy atom. The molecule has 0 saturated heterocycles. The summed E-state index contributed by atoms with van der Waals surface area (Å²) in [5.74, 6) is -0.580. The van der Waals surface area contributed by atoms with Crippen LogP contribution in [0.15, 0.2) is 40.9 Å². The zero-order chi connectivity index (χ0) is 15.4. The minimum Gasteiger partial charge on any atom is -0.487 e. The van der Waals surface area contributed by atoms with Gasteiger partial charge >= 0.3 is 0 Å². The van der Waals surface area contributed by atoms with Gasteiger partial charge in [0.25, 0.3) is 5.69 Å². The number of hydrogen-bond donors (Lipinski definition) is 0. The van der Waals surface area contributed by atoms with Gasteiger partial charge in [0.15, 0.2) is 0 Å². The highest BCUT2D eigenvalue weighted by molar-refractivity contribution is 9.10. The predicted molar refractivity (Wildman–Crippen MR) is 76.2 cm³/mol. The van der Waals surface area contributed by atoms with E-state index in [0.29, 0.717) is 10.0 Å². The van der Waals surface area contributed by atoms with E-state index in [4.69, 9.17) is 10.00 Å². The molecule has 2 rings (SSSR count). The van der Waals surface area contributed by atoms with Gasteiger partial charge in [-0.05, 0) is 28.1 Å². The number of halogens is 2. The first kappa shape index (κ1) is 14.9. The van der Waals surface area contributed by atoms with Gasteiger partial charge in [-0.15, -0.1) is 0 Å². The van der Waals surface area contributed by atoms with Crippen LogP contribution in [0.4, 0.5) is 10.1 Å². The Morgan fingerprint density at radius 3 is 2.71 bits per heavy atom. The summed E-state index contributed by atoms with van der Waals surface area (Å²) in [6, 6.07) is 10.3. The molecule has 7 heteroatoms. The van der Waals surface area contributed by atoms with Crippen molar-refractivity contribution in [3.05, 3.63) is 67.9 Å². The Balaban J connectivity index is 2.26. The van der Waals surface area contributed by atoms with E-state index in [1.165, 1.54) is 24.3 Å². The molecule has 2 aromatic rings. The summed E-state index contributed by atoms with van der Waals surface area (Å²) in [7, 11) is 0. The van der Waals surface area contributed by atoms with Crippen LogP contribution < -0.4 is 4.74 Å². The number of nitrogens with zero attached hydrogens (tertiary/aromatic N) is 2. The van der Waals surface area contributed by atoms with Gasteiger partial charge in [0.2, 0.25) is 0 Å². The molecule has 21 heavy (non-hydrogen) atoms. The fourth-order valence-corrected chi connectivity index (χ4v) is 2.23. The fourth-order valence-electron chi connectivity index (χ4n) is 1.71. The van der Waals surface area contributed by atoms with Crippen LogP contribution >= 0.6 is 15.9 Å². The van der Waals surface area contributed by atoms with Gasteiger partial charge in [-0.3, -0.25) is 10.1 Å². The van der Waals surface area contributed by atoms with E-state index in [1.54, 1.807) is 12.1 Å². The molecule has 0 aliphatic heterocycles. The lowest BCUT2D eigenvalue weighted by atomic mass is 10.2. The molecule has 0 N–H and O–H groups in total. The summed E-state index contributed by atoms with van der Waals surface area (Å²) in [4.78, 5) is 10.3.